The molecule has 0 atom stereocenters. The molecule has 3 heteroatoms. The van der Waals surface area contributed by atoms with Gasteiger partial charge in [0.15, 0.2) is 0 Å². The van der Waals surface area contributed by atoms with Crippen molar-refractivity contribution in [3.05, 3.63) is 30.1 Å². The van der Waals surface area contributed by atoms with Crippen molar-refractivity contribution in [2.45, 2.75) is 26.3 Å². The molecule has 0 aromatic carbocycles. The molecular formula is C12H19ClN2. The van der Waals surface area contributed by atoms with Crippen LogP contribution in [0.15, 0.2) is 24.5 Å². The predicted octanol–water partition coefficient (Wildman–Crippen LogP) is 2.92. The van der Waals surface area contributed by atoms with Crippen LogP contribution in [0.5, 0.6) is 0 Å². The normalized spacial score (nSPS) is 10.9. The molecule has 0 aliphatic rings. The third kappa shape index (κ3) is 5.14. The molecule has 84 valence electrons. The second-order valence-electron chi connectivity index (χ2n) is 3.68. The van der Waals surface area contributed by atoms with Crippen LogP contribution in [0.2, 0.25) is 0 Å². The van der Waals surface area contributed by atoms with E-state index in [4.69, 9.17) is 11.6 Å². The number of halogens is 1. The van der Waals surface area contributed by atoms with E-state index in [1.165, 1.54) is 18.4 Å². The molecule has 0 N–H and O–H groups in total. The van der Waals surface area contributed by atoms with Gasteiger partial charge in [-0.25, -0.2) is 0 Å². The van der Waals surface area contributed by atoms with Gasteiger partial charge in [0.05, 0.1) is 0 Å². The Bertz CT molecular complexity index is 251. The van der Waals surface area contributed by atoms with Gasteiger partial charge in [-0.1, -0.05) is 19.4 Å². The molecule has 0 aliphatic heterocycles. The Hall–Kier alpha value is -0.600. The fourth-order valence-electron chi connectivity index (χ4n) is 1.52. The number of unbranched alkanes of at least 4 members (excludes halogenated alkanes) is 1. The van der Waals surface area contributed by atoms with Crippen molar-refractivity contribution in [3.63, 3.8) is 0 Å². The van der Waals surface area contributed by atoms with E-state index in [9.17, 15) is 0 Å². The topological polar surface area (TPSA) is 16.1 Å². The van der Waals surface area contributed by atoms with Gasteiger partial charge < -0.3 is 0 Å². The monoisotopic (exact) mass is 226 g/mol. The van der Waals surface area contributed by atoms with Crippen LogP contribution >= 0.6 is 11.6 Å². The van der Waals surface area contributed by atoms with Crippen molar-refractivity contribution in [2.24, 2.45) is 0 Å². The van der Waals surface area contributed by atoms with Gasteiger partial charge in [0, 0.05) is 31.4 Å². The Morgan fingerprint density at radius 1 is 1.40 bits per heavy atom. The van der Waals surface area contributed by atoms with E-state index in [2.05, 4.69) is 22.9 Å². The van der Waals surface area contributed by atoms with E-state index >= 15 is 0 Å². The first-order valence-corrected chi connectivity index (χ1v) is 6.07. The average molecular weight is 227 g/mol. The quantitative estimate of drug-likeness (QED) is 0.665. The lowest BCUT2D eigenvalue weighted by molar-refractivity contribution is 0.277. The highest BCUT2D eigenvalue weighted by molar-refractivity contribution is 6.18. The van der Waals surface area contributed by atoms with Crippen LogP contribution in [-0.2, 0) is 6.54 Å². The van der Waals surface area contributed by atoms with E-state index in [0.717, 1.165) is 19.6 Å². The van der Waals surface area contributed by atoms with Crippen LogP contribution in [0.4, 0.5) is 0 Å². The lowest BCUT2D eigenvalue weighted by Crippen LogP contribution is -2.26. The minimum atomic E-state index is 0.698. The fraction of sp³-hybridized carbons (Fsp3) is 0.583. The number of hydrogen-bond acceptors (Lipinski definition) is 2. The molecule has 15 heavy (non-hydrogen) atoms. The Labute approximate surface area is 97.3 Å². The zero-order valence-electron chi connectivity index (χ0n) is 9.32. The summed E-state index contributed by atoms with van der Waals surface area (Å²) in [5.41, 5.74) is 1.26. The molecule has 0 unspecified atom stereocenters. The summed E-state index contributed by atoms with van der Waals surface area (Å²) in [6.07, 6.45) is 6.19. The fourth-order valence-corrected chi connectivity index (χ4v) is 1.76. The predicted molar refractivity (Wildman–Crippen MR) is 65.1 cm³/mol. The summed E-state index contributed by atoms with van der Waals surface area (Å²) < 4.78 is 0. The van der Waals surface area contributed by atoms with E-state index in [1.54, 1.807) is 6.20 Å². The number of hydrogen-bond donors (Lipinski definition) is 0. The van der Waals surface area contributed by atoms with Crippen LogP contribution in [0.3, 0.4) is 0 Å². The summed E-state index contributed by atoms with van der Waals surface area (Å²) in [7, 11) is 0. The van der Waals surface area contributed by atoms with Crippen molar-refractivity contribution >= 4 is 11.6 Å². The van der Waals surface area contributed by atoms with Gasteiger partial charge in [-0.05, 0) is 24.6 Å². The van der Waals surface area contributed by atoms with Crippen LogP contribution in [0.1, 0.15) is 25.3 Å². The molecule has 2 nitrogen and oxygen atoms in total. The molecule has 1 rings (SSSR count). The minimum absolute atomic E-state index is 0.698. The molecule has 0 saturated heterocycles. The van der Waals surface area contributed by atoms with Crippen LogP contribution in [-0.4, -0.2) is 28.9 Å². The van der Waals surface area contributed by atoms with Crippen molar-refractivity contribution in [2.75, 3.05) is 19.0 Å². The third-order valence-corrected chi connectivity index (χ3v) is 2.53. The van der Waals surface area contributed by atoms with Gasteiger partial charge in [-0.3, -0.25) is 9.88 Å². The van der Waals surface area contributed by atoms with Crippen molar-refractivity contribution in [1.82, 2.24) is 9.88 Å². The zero-order chi connectivity index (χ0) is 10.9. The standard InChI is InChI=1S/C12H19ClN2/c1-2-3-8-15(9-6-13)11-12-5-4-7-14-10-12/h4-5,7,10H,2-3,6,8-9,11H2,1H3. The maximum atomic E-state index is 5.78. The highest BCUT2D eigenvalue weighted by Gasteiger charge is 2.04. The second-order valence-corrected chi connectivity index (χ2v) is 4.06. The Balaban J connectivity index is 2.43. The first kappa shape index (κ1) is 12.5. The van der Waals surface area contributed by atoms with E-state index in [-0.39, 0.29) is 0 Å². The Kier molecular flexibility index (Phi) is 6.37. The summed E-state index contributed by atoms with van der Waals surface area (Å²) in [6, 6.07) is 4.09. The number of alkyl halides is 1. The van der Waals surface area contributed by atoms with Gasteiger partial charge in [-0.15, -0.1) is 11.6 Å². The minimum Gasteiger partial charge on any atom is -0.298 e. The van der Waals surface area contributed by atoms with Gasteiger partial charge in [0.25, 0.3) is 0 Å². The number of aromatic nitrogens is 1. The Morgan fingerprint density at radius 3 is 2.87 bits per heavy atom. The van der Waals surface area contributed by atoms with Crippen molar-refractivity contribution in [3.8, 4) is 0 Å². The molecule has 1 aromatic heterocycles. The van der Waals surface area contributed by atoms with Crippen molar-refractivity contribution in [1.29, 1.82) is 0 Å². The molecule has 0 radical (unpaired) electrons. The zero-order valence-corrected chi connectivity index (χ0v) is 10.1. The van der Waals surface area contributed by atoms with E-state index in [0.29, 0.717) is 5.88 Å². The molecule has 0 bridgehead atoms. The van der Waals surface area contributed by atoms with Gasteiger partial charge in [-0.2, -0.15) is 0 Å². The summed E-state index contributed by atoms with van der Waals surface area (Å²) in [5, 5.41) is 0. The summed E-state index contributed by atoms with van der Waals surface area (Å²) >= 11 is 5.78. The molecule has 1 heterocycles. The van der Waals surface area contributed by atoms with Crippen LogP contribution < -0.4 is 0 Å². The first-order valence-electron chi connectivity index (χ1n) is 5.54. The van der Waals surface area contributed by atoms with E-state index < -0.39 is 0 Å². The summed E-state index contributed by atoms with van der Waals surface area (Å²) in [4.78, 5) is 6.50. The Morgan fingerprint density at radius 2 is 2.27 bits per heavy atom. The third-order valence-electron chi connectivity index (χ3n) is 2.36. The van der Waals surface area contributed by atoms with E-state index in [1.807, 2.05) is 12.3 Å². The maximum Gasteiger partial charge on any atom is 0.0351 e. The van der Waals surface area contributed by atoms with Crippen molar-refractivity contribution < 1.29 is 0 Å². The molecular weight excluding hydrogens is 208 g/mol. The van der Waals surface area contributed by atoms with Crippen LogP contribution in [0, 0.1) is 0 Å². The van der Waals surface area contributed by atoms with Gasteiger partial charge in [0.1, 0.15) is 0 Å². The molecule has 0 fully saturated rings. The average Bonchev–Trinajstić information content (AvgIpc) is 2.28. The lowest BCUT2D eigenvalue weighted by Gasteiger charge is -2.20. The molecule has 0 saturated carbocycles. The molecule has 1 aromatic rings. The molecule has 0 amide bonds. The van der Waals surface area contributed by atoms with Gasteiger partial charge >= 0.3 is 0 Å². The molecule has 0 aliphatic carbocycles. The summed E-state index contributed by atoms with van der Waals surface area (Å²) in [6.45, 7) is 5.25. The number of pyridine rings is 1. The highest BCUT2D eigenvalue weighted by atomic mass is 35.5. The second kappa shape index (κ2) is 7.66. The molecule has 0 spiro atoms. The lowest BCUT2D eigenvalue weighted by atomic mass is 10.2. The highest BCUT2D eigenvalue weighted by Crippen LogP contribution is 2.04. The smallest absolute Gasteiger partial charge is 0.0351 e. The SMILES string of the molecule is CCCCN(CCCl)Cc1cccnc1. The number of rotatable bonds is 7. The number of nitrogens with zero attached hydrogens (tertiary/aromatic N) is 2. The largest absolute Gasteiger partial charge is 0.298 e. The summed E-state index contributed by atoms with van der Waals surface area (Å²) in [5.74, 6) is 0.698. The van der Waals surface area contributed by atoms with Crippen LogP contribution in [0.25, 0.3) is 0 Å². The maximum absolute atomic E-state index is 5.78. The first-order chi connectivity index (χ1) is 7.36. The van der Waals surface area contributed by atoms with Gasteiger partial charge in [0.2, 0.25) is 0 Å².